The Morgan fingerprint density at radius 2 is 1.70 bits per heavy atom. The van der Waals surface area contributed by atoms with Crippen molar-refractivity contribution in [2.45, 2.75) is 18.2 Å². The second kappa shape index (κ2) is 7.48. The van der Waals surface area contributed by atoms with E-state index in [0.29, 0.717) is 18.7 Å². The summed E-state index contributed by atoms with van der Waals surface area (Å²) in [5, 5.41) is 0. The molecule has 0 aliphatic rings. The van der Waals surface area contributed by atoms with Crippen LogP contribution in [0.4, 0.5) is 0 Å². The summed E-state index contributed by atoms with van der Waals surface area (Å²) >= 11 is 0. The average Bonchev–Trinajstić information content (AvgIpc) is 2.55. The minimum absolute atomic E-state index is 0.226. The first-order valence-electron chi connectivity index (χ1n) is 7.23. The Morgan fingerprint density at radius 3 is 2.26 bits per heavy atom. The molecule has 124 valence electrons. The molecular weight excluding hydrogens is 314 g/mol. The lowest BCUT2D eigenvalue weighted by Gasteiger charge is -2.09. The van der Waals surface area contributed by atoms with Crippen molar-refractivity contribution < 1.29 is 17.9 Å². The molecule has 0 saturated heterocycles. The largest absolute Gasteiger partial charge is 0.497 e. The van der Waals surface area contributed by atoms with Crippen molar-refractivity contribution in [3.8, 4) is 11.5 Å². The maximum Gasteiger partial charge on any atom is 0.240 e. The molecule has 0 amide bonds. The first kappa shape index (κ1) is 17.3. The molecule has 0 unspecified atom stereocenters. The summed E-state index contributed by atoms with van der Waals surface area (Å²) in [5.41, 5.74) is 2.09. The minimum Gasteiger partial charge on any atom is -0.497 e. The molecule has 0 aliphatic heterocycles. The fourth-order valence-corrected chi connectivity index (χ4v) is 3.30. The third-order valence-corrected chi connectivity index (χ3v) is 5.01. The molecule has 0 saturated carbocycles. The summed E-state index contributed by atoms with van der Waals surface area (Å²) in [6, 6.07) is 12.1. The fraction of sp³-hybridized carbons (Fsp3) is 0.294. The summed E-state index contributed by atoms with van der Waals surface area (Å²) in [4.78, 5) is 0.226. The Hall–Kier alpha value is -2.05. The van der Waals surface area contributed by atoms with Gasteiger partial charge in [-0.2, -0.15) is 0 Å². The number of sulfonamides is 1. The van der Waals surface area contributed by atoms with Crippen molar-refractivity contribution in [2.75, 3.05) is 20.8 Å². The second-order valence-corrected chi connectivity index (χ2v) is 6.89. The summed E-state index contributed by atoms with van der Waals surface area (Å²) in [5.74, 6) is 1.45. The van der Waals surface area contributed by atoms with Crippen molar-refractivity contribution in [3.05, 3.63) is 53.6 Å². The monoisotopic (exact) mass is 335 g/mol. The molecule has 0 spiro atoms. The van der Waals surface area contributed by atoms with Gasteiger partial charge in [0.1, 0.15) is 11.5 Å². The van der Waals surface area contributed by atoms with E-state index in [1.54, 1.807) is 26.4 Å². The Bertz CT molecular complexity index is 755. The molecule has 1 N–H and O–H groups in total. The number of rotatable bonds is 7. The zero-order chi connectivity index (χ0) is 16.9. The van der Waals surface area contributed by atoms with E-state index < -0.39 is 10.0 Å². The zero-order valence-corrected chi connectivity index (χ0v) is 14.3. The van der Waals surface area contributed by atoms with Crippen molar-refractivity contribution in [1.82, 2.24) is 4.72 Å². The van der Waals surface area contributed by atoms with Crippen LogP contribution < -0.4 is 14.2 Å². The number of benzene rings is 2. The lowest BCUT2D eigenvalue weighted by molar-refractivity contribution is 0.411. The third-order valence-electron chi connectivity index (χ3n) is 3.53. The predicted octanol–water partition coefficient (Wildman–Crippen LogP) is 2.53. The van der Waals surface area contributed by atoms with Gasteiger partial charge < -0.3 is 9.47 Å². The van der Waals surface area contributed by atoms with Crippen LogP contribution >= 0.6 is 0 Å². The summed E-state index contributed by atoms with van der Waals surface area (Å²) in [6.07, 6.45) is 0.611. The molecule has 2 aromatic rings. The molecule has 0 bridgehead atoms. The van der Waals surface area contributed by atoms with E-state index in [9.17, 15) is 8.42 Å². The fourth-order valence-electron chi connectivity index (χ4n) is 2.26. The number of ether oxygens (including phenoxy) is 2. The van der Waals surface area contributed by atoms with Crippen LogP contribution in [0.2, 0.25) is 0 Å². The van der Waals surface area contributed by atoms with E-state index in [1.165, 1.54) is 12.1 Å². The van der Waals surface area contributed by atoms with Gasteiger partial charge in [0.2, 0.25) is 10.0 Å². The van der Waals surface area contributed by atoms with Gasteiger partial charge in [-0.1, -0.05) is 12.1 Å². The molecule has 0 fully saturated rings. The molecule has 0 radical (unpaired) electrons. The number of aryl methyl sites for hydroxylation is 1. The van der Waals surface area contributed by atoms with Gasteiger partial charge in [-0.15, -0.1) is 0 Å². The lowest BCUT2D eigenvalue weighted by atomic mass is 10.1. The summed E-state index contributed by atoms with van der Waals surface area (Å²) in [7, 11) is -0.338. The maximum atomic E-state index is 12.2. The summed E-state index contributed by atoms with van der Waals surface area (Å²) in [6.45, 7) is 2.30. The molecule has 0 atom stereocenters. The molecule has 5 nitrogen and oxygen atoms in total. The van der Waals surface area contributed by atoms with Gasteiger partial charge in [0, 0.05) is 6.54 Å². The molecular formula is C17H21NO4S. The quantitative estimate of drug-likeness (QED) is 0.844. The van der Waals surface area contributed by atoms with E-state index in [1.807, 2.05) is 25.1 Å². The molecule has 0 heterocycles. The maximum absolute atomic E-state index is 12.2. The highest BCUT2D eigenvalue weighted by Crippen LogP contribution is 2.19. The van der Waals surface area contributed by atoms with Crippen LogP contribution in [0.3, 0.4) is 0 Å². The normalized spacial score (nSPS) is 11.3. The second-order valence-electron chi connectivity index (χ2n) is 5.13. The predicted molar refractivity (Wildman–Crippen MR) is 89.6 cm³/mol. The third kappa shape index (κ3) is 4.46. The van der Waals surface area contributed by atoms with Crippen LogP contribution in [-0.2, 0) is 16.4 Å². The number of methoxy groups -OCH3 is 2. The first-order valence-corrected chi connectivity index (χ1v) is 8.72. The lowest BCUT2D eigenvalue weighted by Crippen LogP contribution is -2.26. The van der Waals surface area contributed by atoms with Crippen LogP contribution in [0.1, 0.15) is 11.1 Å². The van der Waals surface area contributed by atoms with Crippen molar-refractivity contribution in [3.63, 3.8) is 0 Å². The van der Waals surface area contributed by atoms with Gasteiger partial charge in [0.15, 0.2) is 0 Å². The topological polar surface area (TPSA) is 64.6 Å². The number of hydrogen-bond acceptors (Lipinski definition) is 4. The highest BCUT2D eigenvalue weighted by molar-refractivity contribution is 7.89. The van der Waals surface area contributed by atoms with Crippen LogP contribution in [-0.4, -0.2) is 29.2 Å². The van der Waals surface area contributed by atoms with Crippen LogP contribution in [0.5, 0.6) is 11.5 Å². The van der Waals surface area contributed by atoms with Crippen molar-refractivity contribution >= 4 is 10.0 Å². The molecule has 2 aromatic carbocycles. The smallest absolute Gasteiger partial charge is 0.240 e. The Morgan fingerprint density at radius 1 is 1.00 bits per heavy atom. The first-order chi connectivity index (χ1) is 11.0. The highest BCUT2D eigenvalue weighted by atomic mass is 32.2. The Kier molecular flexibility index (Phi) is 5.63. The highest BCUT2D eigenvalue weighted by Gasteiger charge is 2.13. The van der Waals surface area contributed by atoms with E-state index in [0.717, 1.165) is 16.9 Å². The summed E-state index contributed by atoms with van der Waals surface area (Å²) < 4.78 is 37.3. The SMILES string of the molecule is COc1ccc(S(=O)(=O)NCCc2ccc(OC)c(C)c2)cc1. The molecule has 2 rings (SSSR count). The van der Waals surface area contributed by atoms with Crippen LogP contribution in [0.15, 0.2) is 47.4 Å². The zero-order valence-electron chi connectivity index (χ0n) is 13.5. The van der Waals surface area contributed by atoms with Crippen molar-refractivity contribution in [2.24, 2.45) is 0 Å². The van der Waals surface area contributed by atoms with E-state index in [4.69, 9.17) is 9.47 Å². The van der Waals surface area contributed by atoms with Crippen LogP contribution in [0, 0.1) is 6.92 Å². The molecule has 6 heteroatoms. The number of nitrogens with one attached hydrogen (secondary N) is 1. The van der Waals surface area contributed by atoms with E-state index in [2.05, 4.69) is 4.72 Å². The van der Waals surface area contributed by atoms with Gasteiger partial charge in [-0.3, -0.25) is 0 Å². The van der Waals surface area contributed by atoms with Gasteiger partial charge in [-0.25, -0.2) is 13.1 Å². The van der Waals surface area contributed by atoms with E-state index >= 15 is 0 Å². The molecule has 23 heavy (non-hydrogen) atoms. The standard InChI is InChI=1S/C17H21NO4S/c1-13-12-14(4-9-17(13)22-3)10-11-18-23(19,20)16-7-5-15(21-2)6-8-16/h4-9,12,18H,10-11H2,1-3H3. The minimum atomic E-state index is -3.51. The molecule has 0 aliphatic carbocycles. The average molecular weight is 335 g/mol. The Labute approximate surface area is 137 Å². The van der Waals surface area contributed by atoms with Crippen LogP contribution in [0.25, 0.3) is 0 Å². The molecule has 0 aromatic heterocycles. The van der Waals surface area contributed by atoms with Gasteiger partial charge >= 0.3 is 0 Å². The van der Waals surface area contributed by atoms with Gasteiger partial charge in [-0.05, 0) is 54.8 Å². The van der Waals surface area contributed by atoms with E-state index in [-0.39, 0.29) is 4.90 Å². The number of hydrogen-bond donors (Lipinski definition) is 1. The van der Waals surface area contributed by atoms with Gasteiger partial charge in [0.25, 0.3) is 0 Å². The van der Waals surface area contributed by atoms with Crippen molar-refractivity contribution in [1.29, 1.82) is 0 Å². The Balaban J connectivity index is 1.97. The van der Waals surface area contributed by atoms with Gasteiger partial charge in [0.05, 0.1) is 19.1 Å².